The fourth-order valence-electron chi connectivity index (χ4n) is 2.78. The topological polar surface area (TPSA) is 115 Å². The van der Waals surface area contributed by atoms with E-state index in [1.54, 1.807) is 13.8 Å². The first-order valence-electron chi connectivity index (χ1n) is 7.40. The van der Waals surface area contributed by atoms with Gasteiger partial charge in [0.1, 0.15) is 24.3 Å². The Morgan fingerprint density at radius 3 is 2.91 bits per heavy atom. The molecule has 3 rings (SSSR count). The third kappa shape index (κ3) is 3.20. The molecule has 9 nitrogen and oxygen atoms in total. The normalized spacial score (nSPS) is 37.0. The van der Waals surface area contributed by atoms with Gasteiger partial charge in [-0.2, -0.15) is 4.98 Å². The number of anilines is 1. The van der Waals surface area contributed by atoms with E-state index in [0.29, 0.717) is 0 Å². The maximum absolute atomic E-state index is 12.5. The number of nitrogens with two attached hydrogens (primary N) is 1. The molecule has 2 N–H and O–H groups in total. The van der Waals surface area contributed by atoms with Crippen LogP contribution in [-0.2, 0) is 22.9 Å². The van der Waals surface area contributed by atoms with Crippen LogP contribution < -0.4 is 11.4 Å². The number of hydrogen-bond donors (Lipinski definition) is 1. The molecule has 0 aromatic carbocycles. The molecule has 10 heteroatoms. The first kappa shape index (κ1) is 16.6. The average molecular weight is 345 g/mol. The lowest BCUT2D eigenvalue weighted by molar-refractivity contribution is -0.0748. The highest BCUT2D eigenvalue weighted by Gasteiger charge is 2.52. The molecule has 0 saturated carbocycles. The van der Waals surface area contributed by atoms with Gasteiger partial charge in [-0.1, -0.05) is 6.92 Å². The van der Waals surface area contributed by atoms with Crippen LogP contribution in [0.1, 0.15) is 27.0 Å². The zero-order valence-electron chi connectivity index (χ0n) is 13.1. The standard InChI is InChI=1S/C13H20N3O6P/c1-7(2)21-23(18)19-6-9-11(22-23)8(3)12(20-9)16-5-4-10(14)15-13(16)17/h4-5,7-9,11-12H,6H2,1-3H3,(H2,14,15,17). The Kier molecular flexibility index (Phi) is 4.33. The molecule has 128 valence electrons. The summed E-state index contributed by atoms with van der Waals surface area (Å²) >= 11 is 0. The van der Waals surface area contributed by atoms with E-state index in [9.17, 15) is 9.36 Å². The molecule has 2 aliphatic rings. The molecule has 3 heterocycles. The minimum atomic E-state index is -3.62. The van der Waals surface area contributed by atoms with Crippen molar-refractivity contribution >= 4 is 13.6 Å². The van der Waals surface area contributed by atoms with E-state index in [1.165, 1.54) is 16.8 Å². The number of fused-ring (bicyclic) bond motifs is 1. The van der Waals surface area contributed by atoms with Crippen molar-refractivity contribution in [1.82, 2.24) is 9.55 Å². The van der Waals surface area contributed by atoms with Crippen LogP contribution >= 0.6 is 7.82 Å². The Balaban J connectivity index is 1.82. The highest BCUT2D eigenvalue weighted by atomic mass is 31.2. The molecule has 5 atom stereocenters. The van der Waals surface area contributed by atoms with E-state index in [2.05, 4.69) is 4.98 Å². The maximum Gasteiger partial charge on any atom is 0.475 e. The van der Waals surface area contributed by atoms with Gasteiger partial charge in [0.25, 0.3) is 0 Å². The Bertz CT molecular complexity index is 693. The van der Waals surface area contributed by atoms with E-state index < -0.39 is 31.9 Å². The van der Waals surface area contributed by atoms with Crippen molar-refractivity contribution in [1.29, 1.82) is 0 Å². The van der Waals surface area contributed by atoms with Gasteiger partial charge < -0.3 is 10.5 Å². The molecule has 0 amide bonds. The van der Waals surface area contributed by atoms with Crippen LogP contribution in [0.25, 0.3) is 0 Å². The summed E-state index contributed by atoms with van der Waals surface area (Å²) in [6.07, 6.45) is -0.302. The molecule has 0 radical (unpaired) electrons. The third-order valence-corrected chi connectivity index (χ3v) is 5.41. The summed E-state index contributed by atoms with van der Waals surface area (Å²) in [5.74, 6) is -0.0974. The third-order valence-electron chi connectivity index (χ3n) is 3.76. The van der Waals surface area contributed by atoms with E-state index in [0.717, 1.165) is 0 Å². The summed E-state index contributed by atoms with van der Waals surface area (Å²) in [6.45, 7) is 5.42. The van der Waals surface area contributed by atoms with Crippen LogP contribution in [0.3, 0.4) is 0 Å². The quantitative estimate of drug-likeness (QED) is 0.815. The van der Waals surface area contributed by atoms with Crippen molar-refractivity contribution in [3.63, 3.8) is 0 Å². The highest BCUT2D eigenvalue weighted by Crippen LogP contribution is 2.58. The molecular weight excluding hydrogens is 325 g/mol. The number of phosphoric acid groups is 1. The monoisotopic (exact) mass is 345 g/mol. The number of nitrogen functional groups attached to an aromatic ring is 1. The van der Waals surface area contributed by atoms with Crippen molar-refractivity contribution in [3.05, 3.63) is 22.7 Å². The zero-order chi connectivity index (χ0) is 16.8. The molecule has 2 fully saturated rings. The lowest BCUT2D eigenvalue weighted by Gasteiger charge is -2.32. The molecule has 2 aliphatic heterocycles. The molecule has 2 saturated heterocycles. The van der Waals surface area contributed by atoms with Crippen molar-refractivity contribution in [3.8, 4) is 0 Å². The van der Waals surface area contributed by atoms with Gasteiger partial charge in [0.15, 0.2) is 0 Å². The molecule has 1 aromatic rings. The van der Waals surface area contributed by atoms with Gasteiger partial charge in [-0.15, -0.1) is 0 Å². The second-order valence-corrected chi connectivity index (χ2v) is 7.51. The fourth-order valence-corrected chi connectivity index (χ4v) is 4.42. The first-order chi connectivity index (χ1) is 10.8. The van der Waals surface area contributed by atoms with Crippen molar-refractivity contribution in [2.24, 2.45) is 5.92 Å². The number of nitrogens with zero attached hydrogens (tertiary/aromatic N) is 2. The maximum atomic E-state index is 12.5. The summed E-state index contributed by atoms with van der Waals surface area (Å²) in [5.41, 5.74) is 4.99. The number of hydrogen-bond acceptors (Lipinski definition) is 8. The van der Waals surface area contributed by atoms with E-state index in [1.807, 2.05) is 6.92 Å². The van der Waals surface area contributed by atoms with Gasteiger partial charge in [0.05, 0.1) is 12.7 Å². The van der Waals surface area contributed by atoms with E-state index in [-0.39, 0.29) is 24.4 Å². The lowest BCUT2D eigenvalue weighted by atomic mass is 10.0. The van der Waals surface area contributed by atoms with E-state index >= 15 is 0 Å². The Morgan fingerprint density at radius 2 is 2.26 bits per heavy atom. The molecule has 0 bridgehead atoms. The van der Waals surface area contributed by atoms with Gasteiger partial charge in [0.2, 0.25) is 0 Å². The van der Waals surface area contributed by atoms with Gasteiger partial charge in [-0.25, -0.2) is 9.36 Å². The van der Waals surface area contributed by atoms with E-state index in [4.69, 9.17) is 24.0 Å². The Morgan fingerprint density at radius 1 is 1.52 bits per heavy atom. The summed E-state index contributed by atoms with van der Waals surface area (Å²) < 4.78 is 35.7. The smallest absolute Gasteiger partial charge is 0.383 e. The summed E-state index contributed by atoms with van der Waals surface area (Å²) in [5, 5.41) is 0. The lowest BCUT2D eigenvalue weighted by Crippen LogP contribution is -2.36. The number of phosphoric ester groups is 1. The second-order valence-electron chi connectivity index (χ2n) is 5.93. The second kappa shape index (κ2) is 5.99. The molecule has 1 aromatic heterocycles. The van der Waals surface area contributed by atoms with Crippen LogP contribution in [-0.4, -0.2) is 34.5 Å². The number of aromatic nitrogens is 2. The molecular formula is C13H20N3O6P. The highest BCUT2D eigenvalue weighted by molar-refractivity contribution is 7.48. The van der Waals surface area contributed by atoms with Crippen LogP contribution in [0, 0.1) is 5.92 Å². The predicted molar refractivity (Wildman–Crippen MR) is 80.6 cm³/mol. The number of ether oxygens (including phenoxy) is 1. The summed E-state index contributed by atoms with van der Waals surface area (Å²) in [7, 11) is -3.62. The summed E-state index contributed by atoms with van der Waals surface area (Å²) in [6, 6.07) is 1.52. The van der Waals surface area contributed by atoms with Gasteiger partial charge >= 0.3 is 13.5 Å². The summed E-state index contributed by atoms with van der Waals surface area (Å²) in [4.78, 5) is 15.7. The first-order valence-corrected chi connectivity index (χ1v) is 8.86. The van der Waals surface area contributed by atoms with Gasteiger partial charge in [-0.05, 0) is 19.9 Å². The minimum Gasteiger partial charge on any atom is -0.383 e. The fraction of sp³-hybridized carbons (Fsp3) is 0.692. The average Bonchev–Trinajstić information content (AvgIpc) is 2.75. The van der Waals surface area contributed by atoms with Crippen molar-refractivity contribution in [2.45, 2.75) is 45.3 Å². The van der Waals surface area contributed by atoms with Crippen LogP contribution in [0.2, 0.25) is 0 Å². The zero-order valence-corrected chi connectivity index (χ0v) is 14.0. The SMILES string of the molecule is CC(C)OP1(=O)OCC2OC(n3ccc(N)nc3=O)C(C)C2O1. The Labute approximate surface area is 133 Å². The van der Waals surface area contributed by atoms with Gasteiger partial charge in [0, 0.05) is 12.1 Å². The minimum absolute atomic E-state index is 0.0760. The largest absolute Gasteiger partial charge is 0.475 e. The number of rotatable bonds is 3. The van der Waals surface area contributed by atoms with Crippen molar-refractivity contribution in [2.75, 3.05) is 12.3 Å². The van der Waals surface area contributed by atoms with Crippen LogP contribution in [0.5, 0.6) is 0 Å². The predicted octanol–water partition coefficient (Wildman–Crippen LogP) is 1.31. The molecule has 0 aliphatic carbocycles. The Hall–Kier alpha value is -1.25. The molecule has 0 spiro atoms. The molecule has 5 unspecified atom stereocenters. The molecule has 23 heavy (non-hydrogen) atoms. The van der Waals surface area contributed by atoms with Gasteiger partial charge in [-0.3, -0.25) is 18.1 Å². The van der Waals surface area contributed by atoms with Crippen LogP contribution in [0.15, 0.2) is 17.1 Å². The van der Waals surface area contributed by atoms with Crippen LogP contribution in [0.4, 0.5) is 5.82 Å². The van der Waals surface area contributed by atoms with Crippen molar-refractivity contribution < 1.29 is 22.9 Å².